The maximum absolute atomic E-state index is 2.84. The molecule has 15 rings (SSSR count). The normalized spacial score (nSPS) is 16.7. The Bertz CT molecular complexity index is 4260. The lowest BCUT2D eigenvalue weighted by atomic mass is 9.42. The number of para-hydroxylation sites is 2. The van der Waals surface area contributed by atoms with Crippen LogP contribution in [0, 0.1) is 6.92 Å². The van der Waals surface area contributed by atoms with Gasteiger partial charge in [-0.05, 0) is 191 Å². The highest BCUT2D eigenvalue weighted by atomic mass is 15.2. The minimum atomic E-state index is -0.653. The van der Waals surface area contributed by atoms with Gasteiger partial charge in [-0.2, -0.15) is 0 Å². The second kappa shape index (κ2) is 18.3. The summed E-state index contributed by atoms with van der Waals surface area (Å²) in [6.45, 7) is 30.9. The van der Waals surface area contributed by atoms with Crippen molar-refractivity contribution in [1.82, 2.24) is 0 Å². The first-order valence-corrected chi connectivity index (χ1v) is 31.2. The van der Waals surface area contributed by atoms with Gasteiger partial charge in [0.25, 0.3) is 0 Å². The summed E-state index contributed by atoms with van der Waals surface area (Å²) >= 11 is 0. The van der Waals surface area contributed by atoms with Crippen LogP contribution in [0.1, 0.15) is 157 Å². The largest absolute Gasteiger partial charge is 0.376 e. The van der Waals surface area contributed by atoms with Gasteiger partial charge in [0.1, 0.15) is 0 Å². The summed E-state index contributed by atoms with van der Waals surface area (Å²) in [5, 5.41) is 0. The molecule has 5 aliphatic rings. The lowest BCUT2D eigenvalue weighted by Crippen LogP contribution is -2.63. The van der Waals surface area contributed by atoms with Gasteiger partial charge in [-0.15, -0.1) is 0 Å². The van der Waals surface area contributed by atoms with Gasteiger partial charge in [0.05, 0.1) is 11.1 Å². The van der Waals surface area contributed by atoms with E-state index in [4.69, 9.17) is 0 Å². The minimum Gasteiger partial charge on any atom is -0.376 e. The van der Waals surface area contributed by atoms with Crippen molar-refractivity contribution < 1.29 is 0 Å². The summed E-state index contributed by atoms with van der Waals surface area (Å²) < 4.78 is 0. The van der Waals surface area contributed by atoms with E-state index in [1.165, 1.54) is 129 Å². The Balaban J connectivity index is 1.11. The number of aryl methyl sites for hydroxylation is 1. The quantitative estimate of drug-likeness (QED) is 0.154. The smallest absolute Gasteiger partial charge is 0.333 e. The topological polar surface area (TPSA) is 9.72 Å². The lowest BCUT2D eigenvalue weighted by Gasteiger charge is -2.52. The number of hydrogen-bond acceptors (Lipinski definition) is 3. The van der Waals surface area contributed by atoms with Gasteiger partial charge in [-0.3, -0.25) is 0 Å². The molecule has 85 heavy (non-hydrogen) atoms. The monoisotopic (exact) mass is 1100 g/mol. The molecular weight excluding hydrogens is 1030 g/mol. The van der Waals surface area contributed by atoms with E-state index >= 15 is 0 Å². The van der Waals surface area contributed by atoms with Crippen LogP contribution in [-0.2, 0) is 32.5 Å². The zero-order valence-corrected chi connectivity index (χ0v) is 52.0. The van der Waals surface area contributed by atoms with Crippen LogP contribution in [-0.4, -0.2) is 6.85 Å². The summed E-state index contributed by atoms with van der Waals surface area (Å²) in [6.07, 6.45) is 2.31. The van der Waals surface area contributed by atoms with Crippen LogP contribution in [0.25, 0.3) is 22.3 Å². The van der Waals surface area contributed by atoms with E-state index in [2.05, 4.69) is 317 Å². The van der Waals surface area contributed by atoms with Crippen molar-refractivity contribution in [1.29, 1.82) is 0 Å². The van der Waals surface area contributed by atoms with Crippen LogP contribution < -0.4 is 25.5 Å². The van der Waals surface area contributed by atoms with Gasteiger partial charge < -0.3 is 14.6 Å². The van der Waals surface area contributed by atoms with E-state index in [0.717, 1.165) is 23.5 Å². The molecule has 0 amide bonds. The third-order valence-electron chi connectivity index (χ3n) is 20.8. The van der Waals surface area contributed by atoms with Gasteiger partial charge in [0, 0.05) is 50.8 Å². The number of rotatable bonds is 6. The molecule has 0 fully saturated rings. The summed E-state index contributed by atoms with van der Waals surface area (Å²) in [4.78, 5) is 8.07. The van der Waals surface area contributed by atoms with Crippen molar-refractivity contribution in [2.75, 3.05) is 14.6 Å². The van der Waals surface area contributed by atoms with Crippen molar-refractivity contribution in [3.8, 4) is 22.3 Å². The van der Waals surface area contributed by atoms with E-state index in [9.17, 15) is 0 Å². The van der Waals surface area contributed by atoms with E-state index in [-0.39, 0.29) is 33.9 Å². The molecule has 420 valence electrons. The molecule has 10 aromatic rings. The standard InChI is InChI=1S/C81H78BN3/c1-51-45-67-68(79(10,11)44-43-78(67,8)9)50-71(51)85-72-49-66-60(59-29-20-21-30-63(59)80(66,12)13)48-61(72)62-46-58(83(56-39-35-52(36-40-56)76(2,3)4)57-41-37-53(38-42-57)77(5,6)7)47-73-74(62)82(85)69-33-24-32-65-75(69)84(73)70-34-23-22-31-64(70)81(65,54-25-16-14-17-26-54)55-27-18-15-19-28-55/h14-42,45-50H,43-44H2,1-13H3. The maximum atomic E-state index is 2.84. The Kier molecular flexibility index (Phi) is 11.5. The molecule has 0 saturated carbocycles. The number of anilines is 8. The van der Waals surface area contributed by atoms with Gasteiger partial charge in [0.15, 0.2) is 0 Å². The lowest BCUT2D eigenvalue weighted by molar-refractivity contribution is 0.332. The molecule has 0 N–H and O–H groups in total. The summed E-state index contributed by atoms with van der Waals surface area (Å²) in [7, 11) is 0. The molecule has 3 heterocycles. The fourth-order valence-electron chi connectivity index (χ4n) is 16.1. The Hall–Kier alpha value is -8.34. The molecule has 3 nitrogen and oxygen atoms in total. The third-order valence-corrected chi connectivity index (χ3v) is 20.8. The fraction of sp³-hybridized carbons (Fsp3) is 0.259. The van der Waals surface area contributed by atoms with Crippen molar-refractivity contribution in [3.63, 3.8) is 0 Å². The minimum absolute atomic E-state index is 0.00438. The first-order chi connectivity index (χ1) is 40.6. The molecule has 0 radical (unpaired) electrons. The first kappa shape index (κ1) is 53.4. The third kappa shape index (κ3) is 7.72. The molecule has 0 spiro atoms. The molecular formula is C81H78BN3. The number of fused-ring (bicyclic) bond motifs is 10. The molecule has 2 aliphatic carbocycles. The van der Waals surface area contributed by atoms with E-state index in [1.54, 1.807) is 0 Å². The van der Waals surface area contributed by atoms with Gasteiger partial charge in [-0.25, -0.2) is 0 Å². The molecule has 4 heteroatoms. The maximum Gasteiger partial charge on any atom is 0.333 e. The molecule has 3 aliphatic heterocycles. The Labute approximate surface area is 506 Å². The predicted molar refractivity (Wildman–Crippen MR) is 362 cm³/mol. The summed E-state index contributed by atoms with van der Waals surface area (Å²) in [5.74, 6) is 0. The number of benzene rings is 10. The van der Waals surface area contributed by atoms with E-state index in [1.807, 2.05) is 0 Å². The first-order valence-electron chi connectivity index (χ1n) is 31.2. The predicted octanol–water partition coefficient (Wildman–Crippen LogP) is 20.1. The molecule has 0 unspecified atom stereocenters. The van der Waals surface area contributed by atoms with Crippen molar-refractivity contribution >= 4 is 63.3 Å². The Morgan fingerprint density at radius 2 is 0.929 bits per heavy atom. The van der Waals surface area contributed by atoms with Crippen LogP contribution in [0.2, 0.25) is 0 Å². The highest BCUT2D eigenvalue weighted by Gasteiger charge is 2.54. The van der Waals surface area contributed by atoms with Crippen molar-refractivity contribution in [3.05, 3.63) is 274 Å². The van der Waals surface area contributed by atoms with Crippen molar-refractivity contribution in [2.45, 2.75) is 135 Å². The van der Waals surface area contributed by atoms with Crippen LogP contribution >= 0.6 is 0 Å². The van der Waals surface area contributed by atoms with E-state index < -0.39 is 5.41 Å². The number of hydrogen-bond donors (Lipinski definition) is 0. The zero-order valence-electron chi connectivity index (χ0n) is 52.0. The molecule has 0 bridgehead atoms. The van der Waals surface area contributed by atoms with Gasteiger partial charge >= 0.3 is 6.85 Å². The molecule has 0 aromatic heterocycles. The van der Waals surface area contributed by atoms with Gasteiger partial charge in [0.2, 0.25) is 0 Å². The molecule has 10 aromatic carbocycles. The highest BCUT2D eigenvalue weighted by Crippen LogP contribution is 2.62. The SMILES string of the molecule is Cc1cc2c(cc1N1B3c4cccc5c4N(c4ccccc4C5(c4ccccc4)c4ccccc4)c4cc(N(c5ccc(C(C)(C)C)cc5)c5ccc(C(C)(C)C)cc5)cc(c43)-c3cc4c(cc31)C(C)(C)c1ccccc1-4)C(C)(C)CCC2(C)C. The summed E-state index contributed by atoms with van der Waals surface area (Å²) in [6, 6.07) is 83.0. The molecule has 0 atom stereocenters. The van der Waals surface area contributed by atoms with Crippen molar-refractivity contribution in [2.24, 2.45) is 0 Å². The van der Waals surface area contributed by atoms with E-state index in [0.29, 0.717) is 0 Å². The molecule has 0 saturated heterocycles. The van der Waals surface area contributed by atoms with Crippen LogP contribution in [0.5, 0.6) is 0 Å². The average molecular weight is 1100 g/mol. The number of nitrogens with zero attached hydrogens (tertiary/aromatic N) is 3. The van der Waals surface area contributed by atoms with Crippen LogP contribution in [0.3, 0.4) is 0 Å². The Morgan fingerprint density at radius 3 is 1.53 bits per heavy atom. The Morgan fingerprint density at radius 1 is 0.400 bits per heavy atom. The zero-order chi connectivity index (χ0) is 58.9. The second-order valence-electron chi connectivity index (χ2n) is 29.2. The highest BCUT2D eigenvalue weighted by molar-refractivity contribution is 6.93. The average Bonchev–Trinajstić information content (AvgIpc) is 1.50. The van der Waals surface area contributed by atoms with Crippen LogP contribution in [0.15, 0.2) is 212 Å². The van der Waals surface area contributed by atoms with Gasteiger partial charge in [-0.1, -0.05) is 235 Å². The fourth-order valence-corrected chi connectivity index (χ4v) is 16.1. The second-order valence-corrected chi connectivity index (χ2v) is 29.2. The summed E-state index contributed by atoms with van der Waals surface area (Å²) in [5.41, 5.74) is 31.3. The van der Waals surface area contributed by atoms with Crippen LogP contribution in [0.4, 0.5) is 45.5 Å².